The first-order valence-electron chi connectivity index (χ1n) is 7.38. The van der Waals surface area contributed by atoms with Crippen molar-refractivity contribution in [3.05, 3.63) is 12.7 Å². The summed E-state index contributed by atoms with van der Waals surface area (Å²) in [5, 5.41) is 0. The molecular weight excluding hydrogens is 295 g/mol. The third-order valence-corrected chi connectivity index (χ3v) is 3.52. The average molecular weight is 322 g/mol. The number of phosphoric ester groups is 1. The van der Waals surface area contributed by atoms with E-state index in [0.717, 1.165) is 44.9 Å². The summed E-state index contributed by atoms with van der Waals surface area (Å²) in [5.74, 6) is -0.375. The van der Waals surface area contributed by atoms with Crippen LogP contribution in [0.2, 0.25) is 0 Å². The molecule has 0 heterocycles. The van der Waals surface area contributed by atoms with Crippen LogP contribution in [0.4, 0.5) is 0 Å². The fourth-order valence-electron chi connectivity index (χ4n) is 1.91. The van der Waals surface area contributed by atoms with E-state index in [4.69, 9.17) is 14.5 Å². The quantitative estimate of drug-likeness (QED) is 0.234. The topological polar surface area (TPSA) is 93.1 Å². The van der Waals surface area contributed by atoms with Gasteiger partial charge in [0, 0.05) is 6.08 Å². The summed E-state index contributed by atoms with van der Waals surface area (Å²) in [6, 6.07) is 0. The Hall–Kier alpha value is -0.680. The Morgan fingerprint density at radius 2 is 1.67 bits per heavy atom. The third kappa shape index (κ3) is 15.5. The molecule has 124 valence electrons. The van der Waals surface area contributed by atoms with Crippen molar-refractivity contribution < 1.29 is 28.4 Å². The molecule has 0 fully saturated rings. The minimum atomic E-state index is -4.30. The van der Waals surface area contributed by atoms with Crippen molar-refractivity contribution in [3.8, 4) is 0 Å². The normalized spacial score (nSPS) is 12.9. The molecule has 0 aromatic carbocycles. The Morgan fingerprint density at radius 3 is 2.19 bits per heavy atom. The molecule has 0 aromatic rings. The predicted molar refractivity (Wildman–Crippen MR) is 80.7 cm³/mol. The molecule has 0 bridgehead atoms. The third-order valence-electron chi connectivity index (χ3n) is 3.00. The molecule has 0 amide bonds. The number of carbonyl (C=O) groups is 1. The van der Waals surface area contributed by atoms with Crippen molar-refractivity contribution in [1.82, 2.24) is 0 Å². The maximum atomic E-state index is 10.9. The lowest BCUT2D eigenvalue weighted by molar-refractivity contribution is -0.142. The Labute approximate surface area is 126 Å². The number of phosphoric acid groups is 1. The molecule has 7 heteroatoms. The van der Waals surface area contributed by atoms with Gasteiger partial charge in [0.1, 0.15) is 0 Å². The minimum absolute atomic E-state index is 0.0692. The van der Waals surface area contributed by atoms with Gasteiger partial charge in [0.2, 0.25) is 0 Å². The van der Waals surface area contributed by atoms with Crippen molar-refractivity contribution in [2.75, 3.05) is 6.61 Å². The molecule has 0 aliphatic heterocycles. The van der Waals surface area contributed by atoms with Crippen molar-refractivity contribution >= 4 is 13.8 Å². The summed E-state index contributed by atoms with van der Waals surface area (Å²) in [6.07, 6.45) is 8.89. The molecule has 0 aliphatic rings. The Morgan fingerprint density at radius 1 is 1.14 bits per heavy atom. The van der Waals surface area contributed by atoms with Gasteiger partial charge in [-0.05, 0) is 26.2 Å². The van der Waals surface area contributed by atoms with E-state index in [-0.39, 0.29) is 18.7 Å². The molecule has 0 radical (unpaired) electrons. The van der Waals surface area contributed by atoms with E-state index in [9.17, 15) is 9.36 Å². The highest BCUT2D eigenvalue weighted by molar-refractivity contribution is 7.46. The first-order chi connectivity index (χ1) is 9.85. The van der Waals surface area contributed by atoms with Gasteiger partial charge in [0.05, 0.1) is 12.7 Å². The highest BCUT2D eigenvalue weighted by atomic mass is 31.2. The lowest BCUT2D eigenvalue weighted by atomic mass is 10.1. The van der Waals surface area contributed by atoms with Gasteiger partial charge in [-0.25, -0.2) is 9.36 Å². The van der Waals surface area contributed by atoms with Crippen molar-refractivity contribution in [2.24, 2.45) is 0 Å². The molecule has 6 nitrogen and oxygen atoms in total. The lowest BCUT2D eigenvalue weighted by Crippen LogP contribution is -2.12. The van der Waals surface area contributed by atoms with Crippen LogP contribution in [-0.4, -0.2) is 28.5 Å². The first-order valence-corrected chi connectivity index (χ1v) is 8.91. The van der Waals surface area contributed by atoms with E-state index in [2.05, 4.69) is 11.1 Å². The monoisotopic (exact) mass is 322 g/mol. The summed E-state index contributed by atoms with van der Waals surface area (Å²) in [6.45, 7) is 5.34. The van der Waals surface area contributed by atoms with E-state index >= 15 is 0 Å². The van der Waals surface area contributed by atoms with Gasteiger partial charge in [0.25, 0.3) is 0 Å². The lowest BCUT2D eigenvalue weighted by Gasteiger charge is -2.11. The number of carbonyl (C=O) groups excluding carboxylic acids is 1. The summed E-state index contributed by atoms with van der Waals surface area (Å²) < 4.78 is 19.8. The van der Waals surface area contributed by atoms with E-state index < -0.39 is 7.82 Å². The second-order valence-corrected chi connectivity index (χ2v) is 6.28. The van der Waals surface area contributed by atoms with E-state index in [1.54, 1.807) is 0 Å². The fourth-order valence-corrected chi connectivity index (χ4v) is 2.27. The van der Waals surface area contributed by atoms with Gasteiger partial charge >= 0.3 is 13.8 Å². The molecule has 2 N–H and O–H groups in total. The van der Waals surface area contributed by atoms with Crippen LogP contribution in [0.15, 0.2) is 12.7 Å². The second-order valence-electron chi connectivity index (χ2n) is 5.04. The number of esters is 1. The Bertz CT molecular complexity index is 338. The summed E-state index contributed by atoms with van der Waals surface area (Å²) >= 11 is 0. The molecule has 1 atom stereocenters. The number of hydrogen-bond acceptors (Lipinski definition) is 4. The summed E-state index contributed by atoms with van der Waals surface area (Å²) in [7, 11) is -4.30. The van der Waals surface area contributed by atoms with E-state index in [1.807, 2.05) is 6.92 Å². The molecule has 0 aliphatic carbocycles. The van der Waals surface area contributed by atoms with Gasteiger partial charge in [-0.2, -0.15) is 0 Å². The standard InChI is InChI=1S/C14H27O6P/c1-3-14(15)20-13(2)11-9-7-5-4-6-8-10-12-19-21(16,17)18/h3,13H,1,4-12H2,2H3,(H2,16,17,18). The Kier molecular flexibility index (Phi) is 11.5. The SMILES string of the molecule is C=CC(=O)OC(C)CCCCCCCCCOP(=O)(O)O. The molecule has 0 aromatic heterocycles. The van der Waals surface area contributed by atoms with Crippen LogP contribution in [-0.2, 0) is 18.6 Å². The van der Waals surface area contributed by atoms with Crippen LogP contribution in [0, 0.1) is 0 Å². The van der Waals surface area contributed by atoms with Gasteiger partial charge in [-0.1, -0.05) is 38.7 Å². The maximum Gasteiger partial charge on any atom is 0.469 e. The molecule has 0 saturated carbocycles. The number of hydrogen-bond donors (Lipinski definition) is 2. The van der Waals surface area contributed by atoms with Crippen LogP contribution < -0.4 is 0 Å². The minimum Gasteiger partial charge on any atom is -0.460 e. The average Bonchev–Trinajstić information content (AvgIpc) is 2.39. The largest absolute Gasteiger partial charge is 0.469 e. The number of unbranched alkanes of at least 4 members (excludes halogenated alkanes) is 6. The highest BCUT2D eigenvalue weighted by Gasteiger charge is 2.12. The van der Waals surface area contributed by atoms with Crippen LogP contribution in [0.3, 0.4) is 0 Å². The summed E-state index contributed by atoms with van der Waals surface area (Å²) in [5.41, 5.74) is 0. The van der Waals surface area contributed by atoms with Crippen LogP contribution in [0.5, 0.6) is 0 Å². The molecule has 1 unspecified atom stereocenters. The van der Waals surface area contributed by atoms with Gasteiger partial charge in [-0.3, -0.25) is 4.52 Å². The zero-order valence-electron chi connectivity index (χ0n) is 12.7. The second kappa shape index (κ2) is 11.9. The van der Waals surface area contributed by atoms with Crippen molar-refractivity contribution in [1.29, 1.82) is 0 Å². The van der Waals surface area contributed by atoms with E-state index in [1.165, 1.54) is 6.08 Å². The maximum absolute atomic E-state index is 10.9. The predicted octanol–water partition coefficient (Wildman–Crippen LogP) is 3.33. The number of rotatable bonds is 13. The first kappa shape index (κ1) is 20.3. The molecule has 0 spiro atoms. The van der Waals surface area contributed by atoms with Crippen molar-refractivity contribution in [3.63, 3.8) is 0 Å². The van der Waals surface area contributed by atoms with Crippen LogP contribution in [0.1, 0.15) is 58.3 Å². The van der Waals surface area contributed by atoms with Crippen LogP contribution >= 0.6 is 7.82 Å². The van der Waals surface area contributed by atoms with Crippen LogP contribution in [0.25, 0.3) is 0 Å². The molecule has 0 rings (SSSR count). The summed E-state index contributed by atoms with van der Waals surface area (Å²) in [4.78, 5) is 27.9. The zero-order chi connectivity index (χ0) is 16.1. The zero-order valence-corrected chi connectivity index (χ0v) is 13.6. The molecular formula is C14H27O6P. The number of ether oxygens (including phenoxy) is 1. The van der Waals surface area contributed by atoms with Gasteiger partial charge in [0.15, 0.2) is 0 Å². The highest BCUT2D eigenvalue weighted by Crippen LogP contribution is 2.35. The van der Waals surface area contributed by atoms with Crippen molar-refractivity contribution in [2.45, 2.75) is 64.4 Å². The van der Waals surface area contributed by atoms with Gasteiger partial charge < -0.3 is 14.5 Å². The fraction of sp³-hybridized carbons (Fsp3) is 0.786. The Balaban J connectivity index is 3.27. The smallest absolute Gasteiger partial charge is 0.460 e. The van der Waals surface area contributed by atoms with E-state index in [0.29, 0.717) is 6.42 Å². The molecule has 0 saturated heterocycles. The molecule has 21 heavy (non-hydrogen) atoms. The van der Waals surface area contributed by atoms with Gasteiger partial charge in [-0.15, -0.1) is 0 Å².